The van der Waals surface area contributed by atoms with Crippen LogP contribution in [-0.2, 0) is 15.1 Å². The molecule has 1 saturated carbocycles. The van der Waals surface area contributed by atoms with E-state index >= 15 is 0 Å². The van der Waals surface area contributed by atoms with Crippen molar-refractivity contribution in [3.05, 3.63) is 23.8 Å². The van der Waals surface area contributed by atoms with Crippen LogP contribution in [-0.4, -0.2) is 25.5 Å². The Morgan fingerprint density at radius 3 is 2.16 bits per heavy atom. The first-order valence-electron chi connectivity index (χ1n) is 8.73. The molecule has 1 aliphatic rings. The van der Waals surface area contributed by atoms with Crippen LogP contribution in [0.4, 0.5) is 20.2 Å². The zero-order valence-electron chi connectivity index (χ0n) is 15.4. The van der Waals surface area contributed by atoms with Crippen LogP contribution in [0.3, 0.4) is 0 Å². The first kappa shape index (κ1) is 19.5. The van der Waals surface area contributed by atoms with Crippen molar-refractivity contribution in [1.29, 1.82) is 0 Å². The van der Waals surface area contributed by atoms with Crippen molar-refractivity contribution in [3.63, 3.8) is 0 Å². The van der Waals surface area contributed by atoms with Gasteiger partial charge in [0.15, 0.2) is 0 Å². The molecule has 1 aliphatic carbocycles. The first-order chi connectivity index (χ1) is 11.6. The van der Waals surface area contributed by atoms with Crippen LogP contribution in [0.1, 0.15) is 46.1 Å². The lowest BCUT2D eigenvalue weighted by molar-refractivity contribution is -0.223. The summed E-state index contributed by atoms with van der Waals surface area (Å²) in [4.78, 5) is 13.0. The summed E-state index contributed by atoms with van der Waals surface area (Å²) < 4.78 is 31.8. The topological polar surface area (TPSA) is 55.6 Å². The maximum atomic E-state index is 13.4. The molecule has 0 amide bonds. The fourth-order valence-electron chi connectivity index (χ4n) is 3.51. The van der Waals surface area contributed by atoms with Crippen LogP contribution in [0.15, 0.2) is 18.2 Å². The lowest BCUT2D eigenvalue weighted by Gasteiger charge is -2.45. The number of carbonyl (C=O) groups is 1. The van der Waals surface area contributed by atoms with Crippen LogP contribution < -0.4 is 10.6 Å². The van der Waals surface area contributed by atoms with Crippen molar-refractivity contribution >= 4 is 17.8 Å². The Balaban J connectivity index is 2.31. The van der Waals surface area contributed by atoms with E-state index in [1.54, 1.807) is 12.1 Å². The van der Waals surface area contributed by atoms with Gasteiger partial charge < -0.3 is 15.4 Å². The normalized spacial score (nSPS) is 18.1. The largest absolute Gasteiger partial charge is 0.456 e. The molecule has 0 heterocycles. The number of benzene rings is 1. The summed E-state index contributed by atoms with van der Waals surface area (Å²) in [5.41, 5.74) is 6.91. The highest BCUT2D eigenvalue weighted by atomic mass is 19.3. The molecule has 4 nitrogen and oxygen atoms in total. The molecule has 1 aromatic rings. The highest BCUT2D eigenvalue weighted by Crippen LogP contribution is 2.54. The minimum absolute atomic E-state index is 0.239. The van der Waals surface area contributed by atoms with E-state index in [1.807, 2.05) is 6.07 Å². The minimum Gasteiger partial charge on any atom is -0.456 e. The fraction of sp³-hybridized carbons (Fsp3) is 0.632. The summed E-state index contributed by atoms with van der Waals surface area (Å²) in [6, 6.07) is 5.27. The number of ether oxygens (including phenoxy) is 1. The van der Waals surface area contributed by atoms with Crippen LogP contribution in [0.25, 0.3) is 0 Å². The van der Waals surface area contributed by atoms with E-state index in [9.17, 15) is 13.6 Å². The van der Waals surface area contributed by atoms with Gasteiger partial charge in [0.2, 0.25) is 0 Å². The lowest BCUT2D eigenvalue weighted by Crippen LogP contribution is -2.51. The van der Waals surface area contributed by atoms with Gasteiger partial charge in [-0.05, 0) is 29.5 Å². The molecular formula is C19H28F2N2O2. The standard InChI is InChI=1S/C19H28F2N2O2/c1-13(2)8-23(9-14(3)4)17-6-5-15(7-16(17)22)18(25-12-24)10-19(20,21)11-18/h5-7,12-14H,8-11,22H2,1-4H3. The summed E-state index contributed by atoms with van der Waals surface area (Å²) in [5.74, 6) is -1.88. The predicted molar refractivity (Wildman–Crippen MR) is 95.8 cm³/mol. The van der Waals surface area contributed by atoms with Gasteiger partial charge in [-0.3, -0.25) is 4.79 Å². The number of hydrogen-bond acceptors (Lipinski definition) is 4. The highest BCUT2D eigenvalue weighted by Gasteiger charge is 2.59. The van der Waals surface area contributed by atoms with Crippen molar-refractivity contribution in [2.45, 2.75) is 52.1 Å². The number of nitrogens with two attached hydrogens (primary N) is 1. The number of carbonyl (C=O) groups excluding carboxylic acids is 1. The predicted octanol–water partition coefficient (Wildman–Crippen LogP) is 4.18. The van der Waals surface area contributed by atoms with Gasteiger partial charge in [0.25, 0.3) is 12.4 Å². The fourth-order valence-corrected chi connectivity index (χ4v) is 3.51. The van der Waals surface area contributed by atoms with Gasteiger partial charge in [-0.1, -0.05) is 33.8 Å². The van der Waals surface area contributed by atoms with Crippen molar-refractivity contribution in [2.75, 3.05) is 23.7 Å². The number of hydrogen-bond donors (Lipinski definition) is 1. The van der Waals surface area contributed by atoms with Gasteiger partial charge >= 0.3 is 0 Å². The molecule has 0 unspecified atom stereocenters. The maximum Gasteiger partial charge on any atom is 0.293 e. The van der Waals surface area contributed by atoms with E-state index < -0.39 is 24.4 Å². The number of nitrogen functional groups attached to an aromatic ring is 1. The molecule has 0 atom stereocenters. The number of halogens is 2. The lowest BCUT2D eigenvalue weighted by atomic mass is 9.71. The van der Waals surface area contributed by atoms with Crippen LogP contribution in [0.5, 0.6) is 0 Å². The third-order valence-corrected chi connectivity index (χ3v) is 4.43. The van der Waals surface area contributed by atoms with Gasteiger partial charge in [0, 0.05) is 13.1 Å². The molecule has 0 spiro atoms. The van der Waals surface area contributed by atoms with Crippen LogP contribution >= 0.6 is 0 Å². The Labute approximate surface area is 148 Å². The van der Waals surface area contributed by atoms with E-state index in [4.69, 9.17) is 10.5 Å². The number of alkyl halides is 2. The zero-order chi connectivity index (χ0) is 18.8. The van der Waals surface area contributed by atoms with Crippen molar-refractivity contribution < 1.29 is 18.3 Å². The number of rotatable bonds is 8. The molecule has 0 saturated heterocycles. The van der Waals surface area contributed by atoms with Crippen molar-refractivity contribution in [2.24, 2.45) is 11.8 Å². The third kappa shape index (κ3) is 4.41. The van der Waals surface area contributed by atoms with Crippen molar-refractivity contribution in [1.82, 2.24) is 0 Å². The van der Waals surface area contributed by atoms with E-state index in [2.05, 4.69) is 32.6 Å². The van der Waals surface area contributed by atoms with Crippen molar-refractivity contribution in [3.8, 4) is 0 Å². The second-order valence-corrected chi connectivity index (χ2v) is 7.88. The molecule has 140 valence electrons. The third-order valence-electron chi connectivity index (χ3n) is 4.43. The van der Waals surface area contributed by atoms with E-state index in [1.165, 1.54) is 0 Å². The molecule has 1 aromatic carbocycles. The molecule has 0 aromatic heterocycles. The van der Waals surface area contributed by atoms with Gasteiger partial charge in [-0.2, -0.15) is 0 Å². The summed E-state index contributed by atoms with van der Waals surface area (Å²) >= 11 is 0. The number of nitrogens with zero attached hydrogens (tertiary/aromatic N) is 1. The second kappa shape index (κ2) is 7.18. The molecule has 2 rings (SSSR count). The molecule has 0 bridgehead atoms. The Kier molecular flexibility index (Phi) is 5.59. The summed E-state index contributed by atoms with van der Waals surface area (Å²) in [5, 5.41) is 0. The molecule has 6 heteroatoms. The van der Waals surface area contributed by atoms with Gasteiger partial charge in [-0.15, -0.1) is 0 Å². The second-order valence-electron chi connectivity index (χ2n) is 7.88. The summed E-state index contributed by atoms with van der Waals surface area (Å²) in [7, 11) is 0. The van der Waals surface area contributed by atoms with E-state index in [-0.39, 0.29) is 6.47 Å². The minimum atomic E-state index is -2.81. The Bertz CT molecular complexity index is 599. The average Bonchev–Trinajstić information content (AvgIpc) is 2.43. The maximum absolute atomic E-state index is 13.4. The Morgan fingerprint density at radius 1 is 1.20 bits per heavy atom. The molecular weight excluding hydrogens is 326 g/mol. The quantitative estimate of drug-likeness (QED) is 0.562. The van der Waals surface area contributed by atoms with Crippen LogP contribution in [0.2, 0.25) is 0 Å². The zero-order valence-corrected chi connectivity index (χ0v) is 15.4. The molecule has 0 radical (unpaired) electrons. The number of anilines is 2. The summed E-state index contributed by atoms with van der Waals surface area (Å²) in [6.45, 7) is 10.5. The summed E-state index contributed by atoms with van der Waals surface area (Å²) in [6.07, 6.45) is -1.00. The van der Waals surface area contributed by atoms with E-state index in [0.29, 0.717) is 23.1 Å². The Hall–Kier alpha value is -1.85. The van der Waals surface area contributed by atoms with Crippen LogP contribution in [0, 0.1) is 11.8 Å². The molecule has 0 aliphatic heterocycles. The van der Waals surface area contributed by atoms with Gasteiger partial charge in [0.05, 0.1) is 24.2 Å². The highest BCUT2D eigenvalue weighted by molar-refractivity contribution is 5.69. The van der Waals surface area contributed by atoms with E-state index in [0.717, 1.165) is 18.8 Å². The Morgan fingerprint density at radius 2 is 1.76 bits per heavy atom. The molecule has 2 N–H and O–H groups in total. The smallest absolute Gasteiger partial charge is 0.293 e. The van der Waals surface area contributed by atoms with Gasteiger partial charge in [-0.25, -0.2) is 8.78 Å². The SMILES string of the molecule is CC(C)CN(CC(C)C)c1ccc(C2(OC=O)CC(F)(F)C2)cc1N. The average molecular weight is 354 g/mol. The van der Waals surface area contributed by atoms with Gasteiger partial charge in [0.1, 0.15) is 5.60 Å². The monoisotopic (exact) mass is 354 g/mol. The first-order valence-corrected chi connectivity index (χ1v) is 8.73. The molecule has 25 heavy (non-hydrogen) atoms. The molecule has 1 fully saturated rings.